The molecule has 7 N–H and O–H groups in total. The monoisotopic (exact) mass is 672 g/mol. The Kier molecular flexibility index (Phi) is 14.3. The fraction of sp³-hybridized carbons (Fsp3) is 0.333. The lowest BCUT2D eigenvalue weighted by atomic mass is 10.0. The zero-order chi connectivity index (χ0) is 35.8. The van der Waals surface area contributed by atoms with Gasteiger partial charge in [0.15, 0.2) is 0 Å². The van der Waals surface area contributed by atoms with Gasteiger partial charge in [-0.25, -0.2) is 9.59 Å². The van der Waals surface area contributed by atoms with Gasteiger partial charge in [-0.3, -0.25) is 25.1 Å². The molecule has 3 rings (SSSR count). The van der Waals surface area contributed by atoms with E-state index in [9.17, 15) is 24.0 Å². The minimum atomic E-state index is -1.13. The second kappa shape index (κ2) is 18.6. The van der Waals surface area contributed by atoms with Crippen molar-refractivity contribution in [3.05, 3.63) is 107 Å². The Labute approximate surface area is 285 Å². The van der Waals surface area contributed by atoms with Crippen LogP contribution in [0.4, 0.5) is 9.59 Å². The fourth-order valence-electron chi connectivity index (χ4n) is 4.54. The van der Waals surface area contributed by atoms with Crippen molar-refractivity contribution < 1.29 is 33.4 Å². The maximum atomic E-state index is 13.5. The van der Waals surface area contributed by atoms with Gasteiger partial charge in [0.2, 0.25) is 17.7 Å². The number of hydrogen-bond acceptors (Lipinski definition) is 8. The van der Waals surface area contributed by atoms with Crippen LogP contribution >= 0.6 is 0 Å². The predicted octanol–water partition coefficient (Wildman–Crippen LogP) is 3.83. The first kappa shape index (κ1) is 37.7. The Morgan fingerprint density at radius 2 is 1.33 bits per heavy atom. The fourth-order valence-corrected chi connectivity index (χ4v) is 4.54. The van der Waals surface area contributed by atoms with Crippen LogP contribution in [0.2, 0.25) is 0 Å². The standard InChI is InChI=1S/C36H44N6O7/c1-36(2,3)49-35(47)41-29(19-16-24-10-6-4-7-11-24)33(45)40-28(20-21-30(37)43)32(44)39-22-25-14-17-27(18-15-25)31(38)42-34(46)48-23-26-12-8-5-9-13-26/h4-15,17-18,28-29H,16,19-23H2,1-3H3,(H2,37,43)(H,39,44)(H,40,45)(H,41,47)(H2,38,42,46)/t28-,29+/m0/s1. The van der Waals surface area contributed by atoms with Crippen LogP contribution in [0.1, 0.15) is 62.3 Å². The molecule has 0 radical (unpaired) electrons. The van der Waals surface area contributed by atoms with E-state index in [4.69, 9.17) is 20.6 Å². The van der Waals surface area contributed by atoms with Gasteiger partial charge < -0.3 is 31.2 Å². The van der Waals surface area contributed by atoms with Gasteiger partial charge in [-0.1, -0.05) is 84.9 Å². The molecular weight excluding hydrogens is 628 g/mol. The molecule has 0 saturated heterocycles. The second-order valence-corrected chi connectivity index (χ2v) is 12.3. The summed E-state index contributed by atoms with van der Waals surface area (Å²) in [4.78, 5) is 63.0. The molecule has 13 heteroatoms. The van der Waals surface area contributed by atoms with Crippen LogP contribution in [0.15, 0.2) is 84.9 Å². The van der Waals surface area contributed by atoms with Gasteiger partial charge in [0.1, 0.15) is 30.1 Å². The minimum absolute atomic E-state index is 0.0626. The zero-order valence-corrected chi connectivity index (χ0v) is 27.9. The Bertz CT molecular complexity index is 1570. The zero-order valence-electron chi connectivity index (χ0n) is 27.9. The summed E-state index contributed by atoms with van der Waals surface area (Å²) in [7, 11) is 0. The van der Waals surface area contributed by atoms with Gasteiger partial charge in [0.05, 0.1) is 0 Å². The maximum absolute atomic E-state index is 13.5. The Hall–Kier alpha value is -5.72. The van der Waals surface area contributed by atoms with E-state index in [1.807, 2.05) is 60.7 Å². The van der Waals surface area contributed by atoms with Crippen LogP contribution in [0.25, 0.3) is 0 Å². The van der Waals surface area contributed by atoms with Crippen LogP contribution in [0.3, 0.4) is 0 Å². The highest BCUT2D eigenvalue weighted by Crippen LogP contribution is 2.11. The van der Waals surface area contributed by atoms with Crippen molar-refractivity contribution >= 4 is 35.7 Å². The average Bonchev–Trinajstić information content (AvgIpc) is 3.06. The molecule has 0 bridgehead atoms. The number of hydrogen-bond donors (Lipinski definition) is 6. The molecule has 49 heavy (non-hydrogen) atoms. The lowest BCUT2D eigenvalue weighted by molar-refractivity contribution is -0.130. The van der Waals surface area contributed by atoms with Crippen molar-refractivity contribution in [3.8, 4) is 0 Å². The molecule has 260 valence electrons. The van der Waals surface area contributed by atoms with E-state index >= 15 is 0 Å². The van der Waals surface area contributed by atoms with Crippen molar-refractivity contribution in [2.24, 2.45) is 5.73 Å². The van der Waals surface area contributed by atoms with Gasteiger partial charge in [0, 0.05) is 18.5 Å². The van der Waals surface area contributed by atoms with E-state index in [0.29, 0.717) is 17.5 Å². The molecule has 0 heterocycles. The number of benzene rings is 3. The van der Waals surface area contributed by atoms with Crippen LogP contribution in [-0.4, -0.2) is 53.4 Å². The number of alkyl carbamates (subject to hydrolysis) is 2. The van der Waals surface area contributed by atoms with E-state index in [2.05, 4.69) is 21.3 Å². The summed E-state index contributed by atoms with van der Waals surface area (Å²) in [5, 5.41) is 18.6. The van der Waals surface area contributed by atoms with Crippen molar-refractivity contribution in [3.63, 3.8) is 0 Å². The van der Waals surface area contributed by atoms with Crippen molar-refractivity contribution in [2.45, 2.75) is 77.3 Å². The number of aryl methyl sites for hydroxylation is 1. The van der Waals surface area contributed by atoms with Crippen LogP contribution in [-0.2, 0) is 43.4 Å². The molecule has 0 saturated carbocycles. The van der Waals surface area contributed by atoms with Gasteiger partial charge in [0.25, 0.3) is 0 Å². The number of ether oxygens (including phenoxy) is 2. The molecule has 0 aliphatic heterocycles. The summed E-state index contributed by atoms with van der Waals surface area (Å²) in [5.41, 5.74) is 7.39. The number of carbonyl (C=O) groups excluding carboxylic acids is 5. The summed E-state index contributed by atoms with van der Waals surface area (Å²) >= 11 is 0. The molecular formula is C36H44N6O7. The molecule has 0 spiro atoms. The molecule has 3 aromatic carbocycles. The van der Waals surface area contributed by atoms with Gasteiger partial charge in [-0.05, 0) is 56.7 Å². The van der Waals surface area contributed by atoms with Crippen molar-refractivity contribution in [2.75, 3.05) is 0 Å². The maximum Gasteiger partial charge on any atom is 0.413 e. The molecule has 5 amide bonds. The number of nitrogens with two attached hydrogens (primary N) is 1. The molecule has 0 unspecified atom stereocenters. The minimum Gasteiger partial charge on any atom is -0.444 e. The summed E-state index contributed by atoms with van der Waals surface area (Å²) in [5.74, 6) is -1.99. The molecule has 0 fully saturated rings. The van der Waals surface area contributed by atoms with E-state index < -0.39 is 47.6 Å². The van der Waals surface area contributed by atoms with Crippen LogP contribution in [0.5, 0.6) is 0 Å². The van der Waals surface area contributed by atoms with E-state index in [1.165, 1.54) is 0 Å². The molecule has 3 aromatic rings. The third kappa shape index (κ3) is 14.3. The summed E-state index contributed by atoms with van der Waals surface area (Å²) < 4.78 is 10.5. The van der Waals surface area contributed by atoms with Crippen LogP contribution in [0, 0.1) is 5.41 Å². The van der Waals surface area contributed by atoms with Gasteiger partial charge >= 0.3 is 12.2 Å². The van der Waals surface area contributed by atoms with E-state index in [0.717, 1.165) is 11.1 Å². The highest BCUT2D eigenvalue weighted by atomic mass is 16.6. The summed E-state index contributed by atoms with van der Waals surface area (Å²) in [6.45, 7) is 5.24. The molecule has 0 aliphatic rings. The Balaban J connectivity index is 1.60. The van der Waals surface area contributed by atoms with E-state index in [-0.39, 0.29) is 38.2 Å². The van der Waals surface area contributed by atoms with Gasteiger partial charge in [-0.2, -0.15) is 0 Å². The number of nitrogens with one attached hydrogen (secondary N) is 5. The topological polar surface area (TPSA) is 202 Å². The second-order valence-electron chi connectivity index (χ2n) is 12.3. The Morgan fingerprint density at radius 1 is 0.735 bits per heavy atom. The van der Waals surface area contributed by atoms with Crippen molar-refractivity contribution in [1.29, 1.82) is 5.41 Å². The normalized spacial score (nSPS) is 12.1. The summed E-state index contributed by atoms with van der Waals surface area (Å²) in [6, 6.07) is 22.9. The lowest BCUT2D eigenvalue weighted by Crippen LogP contribution is -2.54. The first-order valence-electron chi connectivity index (χ1n) is 15.8. The first-order valence-corrected chi connectivity index (χ1v) is 15.8. The molecule has 0 aromatic heterocycles. The van der Waals surface area contributed by atoms with Crippen molar-refractivity contribution in [1.82, 2.24) is 21.3 Å². The number of amidine groups is 1. The first-order chi connectivity index (χ1) is 23.3. The Morgan fingerprint density at radius 3 is 1.92 bits per heavy atom. The molecule has 2 atom stereocenters. The number of primary amides is 1. The van der Waals surface area contributed by atoms with E-state index in [1.54, 1.807) is 45.0 Å². The predicted molar refractivity (Wildman–Crippen MR) is 183 cm³/mol. The quantitative estimate of drug-likeness (QED) is 0.104. The number of rotatable bonds is 15. The highest BCUT2D eigenvalue weighted by molar-refractivity contribution is 6.04. The number of amides is 5. The smallest absolute Gasteiger partial charge is 0.413 e. The average molecular weight is 673 g/mol. The molecule has 13 nitrogen and oxygen atoms in total. The SMILES string of the molecule is CC(C)(C)OC(=O)N[C@H](CCc1ccccc1)C(=O)N[C@@H](CCC(N)=O)C(=O)NCc1ccc(C(=N)NC(=O)OCc2ccccc2)cc1. The lowest BCUT2D eigenvalue weighted by Gasteiger charge is -2.25. The third-order valence-electron chi connectivity index (χ3n) is 7.03. The number of carbonyl (C=O) groups is 5. The summed E-state index contributed by atoms with van der Waals surface area (Å²) in [6.07, 6.45) is -1.09. The molecule has 0 aliphatic carbocycles. The highest BCUT2D eigenvalue weighted by Gasteiger charge is 2.28. The van der Waals surface area contributed by atoms with Gasteiger partial charge in [-0.15, -0.1) is 0 Å². The van der Waals surface area contributed by atoms with Crippen LogP contribution < -0.4 is 27.0 Å². The third-order valence-corrected chi connectivity index (χ3v) is 7.03. The largest absolute Gasteiger partial charge is 0.444 e.